The SMILES string of the molecule is CCCC[n+]1ccn(C)c1.COP(=O)(OC)OC. The molecular weight excluding hydrogens is 255 g/mol. The predicted octanol–water partition coefficient (Wildman–Crippen LogP) is 2.15. The highest BCUT2D eigenvalue weighted by Crippen LogP contribution is 2.46. The van der Waals surface area contributed by atoms with Crippen LogP contribution in [0.25, 0.3) is 0 Å². The van der Waals surface area contributed by atoms with Crippen LogP contribution < -0.4 is 4.57 Å². The van der Waals surface area contributed by atoms with Gasteiger partial charge in [0.05, 0.1) is 13.6 Å². The summed E-state index contributed by atoms with van der Waals surface area (Å²) in [5.41, 5.74) is 0. The number of phosphoric acid groups is 1. The first kappa shape index (κ1) is 17.3. The van der Waals surface area contributed by atoms with Gasteiger partial charge in [0.2, 0.25) is 6.33 Å². The molecule has 0 aliphatic heterocycles. The fourth-order valence-electron chi connectivity index (χ4n) is 1.20. The summed E-state index contributed by atoms with van der Waals surface area (Å²) in [7, 11) is 2.66. The molecule has 0 radical (unpaired) electrons. The Balaban J connectivity index is 0.000000331. The first-order valence-corrected chi connectivity index (χ1v) is 7.25. The Bertz CT molecular complexity index is 349. The fraction of sp³-hybridized carbons (Fsp3) is 0.727. The number of phosphoric ester groups is 1. The van der Waals surface area contributed by atoms with Crippen molar-refractivity contribution in [3.63, 3.8) is 0 Å². The van der Waals surface area contributed by atoms with Crippen LogP contribution >= 0.6 is 7.82 Å². The summed E-state index contributed by atoms with van der Waals surface area (Å²) in [5, 5.41) is 0. The minimum Gasteiger partial charge on any atom is -0.290 e. The molecule has 0 fully saturated rings. The second-order valence-electron chi connectivity index (χ2n) is 3.67. The van der Waals surface area contributed by atoms with Crippen molar-refractivity contribution < 1.29 is 22.7 Å². The molecule has 0 spiro atoms. The van der Waals surface area contributed by atoms with Gasteiger partial charge in [-0.15, -0.1) is 0 Å². The summed E-state index contributed by atoms with van der Waals surface area (Å²) in [4.78, 5) is 0. The van der Waals surface area contributed by atoms with E-state index < -0.39 is 7.82 Å². The third-order valence-corrected chi connectivity index (χ3v) is 3.61. The van der Waals surface area contributed by atoms with Crippen molar-refractivity contribution in [1.82, 2.24) is 4.57 Å². The van der Waals surface area contributed by atoms with Gasteiger partial charge in [-0.3, -0.25) is 13.6 Å². The van der Waals surface area contributed by atoms with Crippen LogP contribution in [-0.2, 0) is 31.7 Å². The van der Waals surface area contributed by atoms with Crippen LogP contribution in [0, 0.1) is 0 Å². The molecule has 0 aliphatic carbocycles. The number of unbranched alkanes of at least 4 members (excludes halogenated alkanes) is 1. The van der Waals surface area contributed by atoms with Gasteiger partial charge in [0.1, 0.15) is 12.4 Å². The Labute approximate surface area is 109 Å². The lowest BCUT2D eigenvalue weighted by Gasteiger charge is -2.08. The number of imidazole rings is 1. The number of hydrogen-bond acceptors (Lipinski definition) is 4. The highest BCUT2D eigenvalue weighted by molar-refractivity contribution is 7.48. The molecule has 0 atom stereocenters. The zero-order valence-corrected chi connectivity index (χ0v) is 12.7. The van der Waals surface area contributed by atoms with Gasteiger partial charge in [-0.05, 0) is 6.42 Å². The Morgan fingerprint density at radius 3 is 2.06 bits per heavy atom. The first-order valence-electron chi connectivity index (χ1n) is 5.79. The van der Waals surface area contributed by atoms with Gasteiger partial charge in [0, 0.05) is 21.3 Å². The maximum atomic E-state index is 10.7. The summed E-state index contributed by atoms with van der Waals surface area (Å²) in [6.07, 6.45) is 8.82. The third-order valence-electron chi connectivity index (χ3n) is 2.26. The summed E-state index contributed by atoms with van der Waals surface area (Å²) in [6.45, 7) is 3.36. The Hall–Kier alpha value is -0.680. The van der Waals surface area contributed by atoms with Gasteiger partial charge in [-0.25, -0.2) is 13.7 Å². The van der Waals surface area contributed by atoms with E-state index in [1.165, 1.54) is 34.2 Å². The van der Waals surface area contributed by atoms with Gasteiger partial charge >= 0.3 is 7.82 Å². The van der Waals surface area contributed by atoms with E-state index in [2.05, 4.69) is 48.4 Å². The van der Waals surface area contributed by atoms with Crippen molar-refractivity contribution in [1.29, 1.82) is 0 Å². The summed E-state index contributed by atoms with van der Waals surface area (Å²) < 4.78 is 28.0. The lowest BCUT2D eigenvalue weighted by atomic mass is 10.3. The van der Waals surface area contributed by atoms with E-state index in [4.69, 9.17) is 0 Å². The topological polar surface area (TPSA) is 53.6 Å². The molecule has 0 aromatic carbocycles. The molecule has 0 aliphatic rings. The Kier molecular flexibility index (Phi) is 8.93. The highest BCUT2D eigenvalue weighted by atomic mass is 31.2. The van der Waals surface area contributed by atoms with Crippen molar-refractivity contribution >= 4 is 7.82 Å². The van der Waals surface area contributed by atoms with Gasteiger partial charge in [0.15, 0.2) is 0 Å². The Morgan fingerprint density at radius 2 is 1.78 bits per heavy atom. The van der Waals surface area contributed by atoms with Crippen LogP contribution in [-0.4, -0.2) is 25.9 Å². The van der Waals surface area contributed by atoms with Crippen molar-refractivity contribution in [2.75, 3.05) is 21.3 Å². The molecule has 106 valence electrons. The van der Waals surface area contributed by atoms with Crippen LogP contribution in [0.2, 0.25) is 0 Å². The van der Waals surface area contributed by atoms with Crippen LogP contribution in [0.4, 0.5) is 0 Å². The molecule has 1 heterocycles. The maximum absolute atomic E-state index is 10.7. The highest BCUT2D eigenvalue weighted by Gasteiger charge is 2.18. The molecule has 0 saturated carbocycles. The molecule has 18 heavy (non-hydrogen) atoms. The van der Waals surface area contributed by atoms with Crippen molar-refractivity contribution in [3.05, 3.63) is 18.7 Å². The first-order chi connectivity index (χ1) is 8.51. The number of aryl methyl sites for hydroxylation is 2. The lowest BCUT2D eigenvalue weighted by Crippen LogP contribution is -2.30. The normalized spacial score (nSPS) is 10.9. The summed E-state index contributed by atoms with van der Waals surface area (Å²) in [5.74, 6) is 0. The number of aromatic nitrogens is 2. The molecule has 0 saturated heterocycles. The second kappa shape index (κ2) is 9.28. The zero-order chi connectivity index (χ0) is 14.0. The minimum atomic E-state index is -3.16. The van der Waals surface area contributed by atoms with Gasteiger partial charge in [-0.1, -0.05) is 13.3 Å². The molecule has 0 bridgehead atoms. The van der Waals surface area contributed by atoms with E-state index in [9.17, 15) is 4.57 Å². The van der Waals surface area contributed by atoms with E-state index in [0.29, 0.717) is 0 Å². The van der Waals surface area contributed by atoms with E-state index in [1.54, 1.807) is 0 Å². The van der Waals surface area contributed by atoms with Gasteiger partial charge in [-0.2, -0.15) is 0 Å². The van der Waals surface area contributed by atoms with Crippen LogP contribution in [0.1, 0.15) is 19.8 Å². The number of nitrogens with zero attached hydrogens (tertiary/aromatic N) is 2. The van der Waals surface area contributed by atoms with Crippen molar-refractivity contribution in [2.45, 2.75) is 26.3 Å². The molecule has 1 aromatic rings. The number of rotatable bonds is 6. The predicted molar refractivity (Wildman–Crippen MR) is 69.1 cm³/mol. The summed E-state index contributed by atoms with van der Waals surface area (Å²) in [6, 6.07) is 0. The average Bonchev–Trinajstić information content (AvgIpc) is 2.82. The molecule has 1 aromatic heterocycles. The van der Waals surface area contributed by atoms with Crippen LogP contribution in [0.15, 0.2) is 18.7 Å². The molecule has 1 rings (SSSR count). The van der Waals surface area contributed by atoms with Gasteiger partial charge in [0.25, 0.3) is 0 Å². The van der Waals surface area contributed by atoms with Gasteiger partial charge < -0.3 is 0 Å². The van der Waals surface area contributed by atoms with Crippen molar-refractivity contribution in [3.8, 4) is 0 Å². The Morgan fingerprint density at radius 1 is 1.22 bits per heavy atom. The van der Waals surface area contributed by atoms with Crippen LogP contribution in [0.3, 0.4) is 0 Å². The smallest absolute Gasteiger partial charge is 0.290 e. The molecule has 0 amide bonds. The fourth-order valence-corrected chi connectivity index (χ4v) is 1.65. The number of hydrogen-bond donors (Lipinski definition) is 0. The van der Waals surface area contributed by atoms with E-state index in [-0.39, 0.29) is 0 Å². The largest absolute Gasteiger partial charge is 0.473 e. The van der Waals surface area contributed by atoms with Crippen LogP contribution in [0.5, 0.6) is 0 Å². The summed E-state index contributed by atoms with van der Waals surface area (Å²) >= 11 is 0. The molecule has 7 heteroatoms. The molecule has 0 N–H and O–H groups in total. The second-order valence-corrected chi connectivity index (χ2v) is 5.66. The average molecular weight is 279 g/mol. The van der Waals surface area contributed by atoms with E-state index in [1.807, 2.05) is 7.05 Å². The maximum Gasteiger partial charge on any atom is 0.473 e. The quantitative estimate of drug-likeness (QED) is 0.591. The van der Waals surface area contributed by atoms with E-state index >= 15 is 0 Å². The van der Waals surface area contributed by atoms with Crippen molar-refractivity contribution in [2.24, 2.45) is 7.05 Å². The molecular formula is C11H24N2O4P+. The molecule has 0 unspecified atom stereocenters. The zero-order valence-electron chi connectivity index (χ0n) is 11.8. The third kappa shape index (κ3) is 6.91. The standard InChI is InChI=1S/C8H15N2.C3H9O4P/c1-3-4-5-10-7-6-9(2)8-10;1-5-8(4,6-2)7-3/h6-8H,3-5H2,1-2H3;1-3H3/q+1;. The monoisotopic (exact) mass is 279 g/mol. The van der Waals surface area contributed by atoms with E-state index in [0.717, 1.165) is 6.54 Å². The molecule has 6 nitrogen and oxygen atoms in total. The lowest BCUT2D eigenvalue weighted by molar-refractivity contribution is -0.696. The minimum absolute atomic E-state index is 1.15.